The average Bonchev–Trinajstić information content (AvgIpc) is 2.76. The van der Waals surface area contributed by atoms with Crippen molar-refractivity contribution in [1.29, 1.82) is 0 Å². The summed E-state index contributed by atoms with van der Waals surface area (Å²) in [6.07, 6.45) is 0.688. The molecule has 0 aliphatic heterocycles. The summed E-state index contributed by atoms with van der Waals surface area (Å²) in [7, 11) is 0. The number of non-ortho nitro benzene ring substituents is 2. The Morgan fingerprint density at radius 2 is 1.69 bits per heavy atom. The van der Waals surface area contributed by atoms with Gasteiger partial charge in [0.2, 0.25) is 0 Å². The minimum absolute atomic E-state index is 0.0253. The quantitative estimate of drug-likeness (QED) is 0.190. The van der Waals surface area contributed by atoms with Crippen LogP contribution in [0.15, 0.2) is 51.7 Å². The van der Waals surface area contributed by atoms with Crippen LogP contribution in [0.1, 0.15) is 34.1 Å². The van der Waals surface area contributed by atoms with Crippen molar-refractivity contribution in [2.75, 3.05) is 6.54 Å². The molecule has 12 nitrogen and oxygen atoms in total. The number of carbonyl (C=O) groups excluding carboxylic acids is 2. The number of nitrogens with one attached hydrogen (secondary N) is 1. The molecule has 0 bridgehead atoms. The number of benzene rings is 2. The lowest BCUT2D eigenvalue weighted by atomic mass is 10.1. The fourth-order valence-corrected chi connectivity index (χ4v) is 2.74. The number of ether oxygens (including phenoxy) is 1. The first-order valence-electron chi connectivity index (χ1n) is 9.21. The monoisotopic (exact) mass is 441 g/mol. The van der Waals surface area contributed by atoms with Crippen LogP contribution in [0, 0.1) is 20.2 Å². The van der Waals surface area contributed by atoms with Crippen molar-refractivity contribution in [3.05, 3.63) is 84.2 Å². The summed E-state index contributed by atoms with van der Waals surface area (Å²) in [5, 5.41) is 24.9. The lowest BCUT2D eigenvalue weighted by Crippen LogP contribution is -2.28. The van der Waals surface area contributed by atoms with Gasteiger partial charge in [-0.15, -0.1) is 0 Å². The summed E-state index contributed by atoms with van der Waals surface area (Å²) in [6.45, 7) is 2.25. The molecule has 0 saturated carbocycles. The minimum atomic E-state index is -1.09. The van der Waals surface area contributed by atoms with Gasteiger partial charge >= 0.3 is 11.6 Å². The van der Waals surface area contributed by atoms with Crippen LogP contribution in [0.25, 0.3) is 11.0 Å². The first-order valence-corrected chi connectivity index (χ1v) is 9.21. The summed E-state index contributed by atoms with van der Waals surface area (Å²) in [5.74, 6) is -1.75. The van der Waals surface area contributed by atoms with Crippen molar-refractivity contribution >= 4 is 34.2 Å². The van der Waals surface area contributed by atoms with Crippen LogP contribution >= 0.6 is 0 Å². The van der Waals surface area contributed by atoms with Gasteiger partial charge in [0.05, 0.1) is 21.5 Å². The molecule has 1 N–H and O–H groups in total. The second-order valence-corrected chi connectivity index (χ2v) is 6.54. The number of hydrogen-bond acceptors (Lipinski definition) is 9. The lowest BCUT2D eigenvalue weighted by molar-refractivity contribution is -0.394. The zero-order valence-electron chi connectivity index (χ0n) is 16.5. The molecule has 0 radical (unpaired) electrons. The number of fused-ring (bicyclic) bond motifs is 1. The van der Waals surface area contributed by atoms with E-state index in [4.69, 9.17) is 9.15 Å². The van der Waals surface area contributed by atoms with Gasteiger partial charge in [0.15, 0.2) is 0 Å². The Kier molecular flexibility index (Phi) is 6.24. The maximum absolute atomic E-state index is 12.4. The molecule has 0 aliphatic carbocycles. The Morgan fingerprint density at radius 1 is 1.03 bits per heavy atom. The third kappa shape index (κ3) is 4.75. The second-order valence-electron chi connectivity index (χ2n) is 6.54. The van der Waals surface area contributed by atoms with Gasteiger partial charge in [-0.25, -0.2) is 9.59 Å². The molecule has 1 heterocycles. The number of nitrogens with zero attached hydrogens (tertiary/aromatic N) is 2. The maximum Gasteiger partial charge on any atom is 0.349 e. The summed E-state index contributed by atoms with van der Waals surface area (Å²) in [6, 6.07) is 7.74. The van der Waals surface area contributed by atoms with Crippen LogP contribution in [0.4, 0.5) is 11.4 Å². The Balaban J connectivity index is 1.90. The number of nitro groups is 2. The van der Waals surface area contributed by atoms with Gasteiger partial charge in [0.1, 0.15) is 16.9 Å². The van der Waals surface area contributed by atoms with Crippen molar-refractivity contribution < 1.29 is 28.6 Å². The van der Waals surface area contributed by atoms with Gasteiger partial charge in [0, 0.05) is 30.1 Å². The SMILES string of the molecule is CCCNC(=O)c1cc2ccc(OC(=O)c3cc([N+](=O)[O-])cc([N+](=O)[O-])c3)cc2oc1=O. The van der Waals surface area contributed by atoms with E-state index in [1.807, 2.05) is 6.92 Å². The molecule has 0 atom stereocenters. The number of amides is 1. The van der Waals surface area contributed by atoms with E-state index in [-0.39, 0.29) is 16.9 Å². The summed E-state index contributed by atoms with van der Waals surface area (Å²) in [4.78, 5) is 56.8. The number of nitro benzene ring substituents is 2. The van der Waals surface area contributed by atoms with Gasteiger partial charge in [-0.3, -0.25) is 25.0 Å². The van der Waals surface area contributed by atoms with Gasteiger partial charge in [-0.2, -0.15) is 0 Å². The van der Waals surface area contributed by atoms with Gasteiger partial charge in [-0.1, -0.05) is 6.92 Å². The van der Waals surface area contributed by atoms with E-state index in [0.29, 0.717) is 18.4 Å². The highest BCUT2D eigenvalue weighted by atomic mass is 16.6. The van der Waals surface area contributed by atoms with E-state index >= 15 is 0 Å². The van der Waals surface area contributed by atoms with Crippen molar-refractivity contribution in [2.45, 2.75) is 13.3 Å². The van der Waals surface area contributed by atoms with Crippen LogP contribution in [0.2, 0.25) is 0 Å². The zero-order valence-corrected chi connectivity index (χ0v) is 16.5. The number of esters is 1. The maximum atomic E-state index is 12.4. The van der Waals surface area contributed by atoms with Gasteiger partial charge < -0.3 is 14.5 Å². The van der Waals surface area contributed by atoms with Gasteiger partial charge in [0.25, 0.3) is 17.3 Å². The van der Waals surface area contributed by atoms with Crippen molar-refractivity contribution in [2.24, 2.45) is 0 Å². The lowest BCUT2D eigenvalue weighted by Gasteiger charge is -2.07. The van der Waals surface area contributed by atoms with E-state index in [0.717, 1.165) is 18.2 Å². The van der Waals surface area contributed by atoms with Crippen LogP contribution in [-0.4, -0.2) is 28.3 Å². The molecule has 0 unspecified atom stereocenters. The molecule has 2 aromatic carbocycles. The number of carbonyl (C=O) groups is 2. The Labute approximate surface area is 178 Å². The normalized spacial score (nSPS) is 10.5. The standard InChI is InChI=1S/C20H15N3O9/c1-2-5-21-18(24)16-8-11-3-4-15(10-17(11)32-20(16)26)31-19(25)12-6-13(22(27)28)9-14(7-12)23(29)30/h3-4,6-10H,2,5H2,1H3,(H,21,24). The fourth-order valence-electron chi connectivity index (χ4n) is 2.74. The Morgan fingerprint density at radius 3 is 2.28 bits per heavy atom. The Bertz CT molecular complexity index is 1280. The highest BCUT2D eigenvalue weighted by Crippen LogP contribution is 2.25. The van der Waals surface area contributed by atoms with Crippen LogP contribution in [0.5, 0.6) is 5.75 Å². The van der Waals surface area contributed by atoms with E-state index in [1.54, 1.807) is 0 Å². The summed E-state index contributed by atoms with van der Waals surface area (Å²) < 4.78 is 10.3. The van der Waals surface area contributed by atoms with Gasteiger partial charge in [-0.05, 0) is 24.6 Å². The highest BCUT2D eigenvalue weighted by molar-refractivity contribution is 5.97. The largest absolute Gasteiger partial charge is 0.423 e. The van der Waals surface area contributed by atoms with E-state index in [2.05, 4.69) is 5.32 Å². The molecular weight excluding hydrogens is 426 g/mol. The summed E-state index contributed by atoms with van der Waals surface area (Å²) >= 11 is 0. The van der Waals surface area contributed by atoms with Crippen LogP contribution in [-0.2, 0) is 0 Å². The predicted octanol–water partition coefficient (Wildman–Crippen LogP) is 2.97. The summed E-state index contributed by atoms with van der Waals surface area (Å²) in [5.41, 5.74) is -2.75. The smallest absolute Gasteiger partial charge is 0.349 e. The molecular formula is C20H15N3O9. The Hall–Kier alpha value is -4.61. The van der Waals surface area contributed by atoms with E-state index in [9.17, 15) is 34.6 Å². The first kappa shape index (κ1) is 22.1. The molecule has 1 amide bonds. The minimum Gasteiger partial charge on any atom is -0.423 e. The van der Waals surface area contributed by atoms with Crippen LogP contribution < -0.4 is 15.7 Å². The fraction of sp³-hybridized carbons (Fsp3) is 0.150. The molecule has 3 aromatic rings. The number of hydrogen-bond donors (Lipinski definition) is 1. The van der Waals surface area contributed by atoms with Crippen molar-refractivity contribution in [1.82, 2.24) is 5.32 Å². The third-order valence-corrected chi connectivity index (χ3v) is 4.26. The molecule has 32 heavy (non-hydrogen) atoms. The topological polar surface area (TPSA) is 172 Å². The van der Waals surface area contributed by atoms with E-state index in [1.165, 1.54) is 24.3 Å². The van der Waals surface area contributed by atoms with Crippen molar-refractivity contribution in [3.8, 4) is 5.75 Å². The molecule has 164 valence electrons. The zero-order chi connectivity index (χ0) is 23.4. The third-order valence-electron chi connectivity index (χ3n) is 4.26. The van der Waals surface area contributed by atoms with Crippen LogP contribution in [0.3, 0.4) is 0 Å². The molecule has 3 rings (SSSR count). The van der Waals surface area contributed by atoms with Crippen molar-refractivity contribution in [3.63, 3.8) is 0 Å². The molecule has 0 aliphatic rings. The number of rotatable bonds is 7. The molecule has 0 saturated heterocycles. The highest BCUT2D eigenvalue weighted by Gasteiger charge is 2.21. The molecule has 0 spiro atoms. The predicted molar refractivity (Wildman–Crippen MR) is 110 cm³/mol. The average molecular weight is 441 g/mol. The molecule has 0 fully saturated rings. The van der Waals surface area contributed by atoms with E-state index < -0.39 is 44.3 Å². The molecule has 1 aromatic heterocycles. The first-order chi connectivity index (χ1) is 15.2. The second kappa shape index (κ2) is 9.04. The molecule has 12 heteroatoms.